The highest BCUT2D eigenvalue weighted by molar-refractivity contribution is 6.39. The largest absolute Gasteiger partial charge is 0.475 e. The maximum Gasteiger partial charge on any atom is 0.377 e. The molecule has 0 bridgehead atoms. The molecule has 0 atom stereocenters. The van der Waals surface area contributed by atoms with Crippen molar-refractivity contribution >= 4 is 11.8 Å². The lowest BCUT2D eigenvalue weighted by Crippen LogP contribution is -2.12. The number of para-hydroxylation sites is 1. The lowest BCUT2D eigenvalue weighted by molar-refractivity contribution is -0.131. The van der Waals surface area contributed by atoms with Gasteiger partial charge < -0.3 is 14.6 Å². The number of carboxylic acid groups (broad SMARTS) is 1. The monoisotopic (exact) mass is 272 g/mol. The second-order valence-corrected chi connectivity index (χ2v) is 3.88. The molecule has 0 aromatic heterocycles. The van der Waals surface area contributed by atoms with Gasteiger partial charge in [0.05, 0.1) is 0 Å². The molecular formula is C15H12O5. The first-order chi connectivity index (χ1) is 9.66. The number of ether oxygens (including phenoxy) is 2. The summed E-state index contributed by atoms with van der Waals surface area (Å²) in [7, 11) is 0. The van der Waals surface area contributed by atoms with E-state index >= 15 is 0 Å². The Morgan fingerprint density at radius 2 is 1.40 bits per heavy atom. The summed E-state index contributed by atoms with van der Waals surface area (Å²) in [5.41, 5.74) is 0.105. The van der Waals surface area contributed by atoms with Gasteiger partial charge in [-0.1, -0.05) is 18.2 Å². The highest BCUT2D eigenvalue weighted by atomic mass is 16.7. The van der Waals surface area contributed by atoms with Crippen molar-refractivity contribution in [3.8, 4) is 11.5 Å². The summed E-state index contributed by atoms with van der Waals surface area (Å²) in [6.07, 6.45) is 0. The van der Waals surface area contributed by atoms with Crippen molar-refractivity contribution in [1.82, 2.24) is 0 Å². The van der Waals surface area contributed by atoms with Crippen molar-refractivity contribution < 1.29 is 24.2 Å². The Hall–Kier alpha value is -2.82. The Morgan fingerprint density at radius 1 is 0.850 bits per heavy atom. The van der Waals surface area contributed by atoms with Gasteiger partial charge in [-0.05, 0) is 36.4 Å². The van der Waals surface area contributed by atoms with Crippen molar-refractivity contribution in [2.24, 2.45) is 0 Å². The summed E-state index contributed by atoms with van der Waals surface area (Å²) in [6.45, 7) is 0.0240. The molecule has 0 saturated carbocycles. The van der Waals surface area contributed by atoms with E-state index in [2.05, 4.69) is 0 Å². The van der Waals surface area contributed by atoms with Gasteiger partial charge in [-0.3, -0.25) is 4.79 Å². The predicted molar refractivity (Wildman–Crippen MR) is 71.0 cm³/mol. The van der Waals surface area contributed by atoms with Crippen LogP contribution in [0.2, 0.25) is 0 Å². The molecule has 0 amide bonds. The molecule has 5 heteroatoms. The minimum Gasteiger partial charge on any atom is -0.475 e. The molecule has 2 aromatic carbocycles. The molecule has 2 aromatic rings. The van der Waals surface area contributed by atoms with Gasteiger partial charge in [-0.25, -0.2) is 4.79 Å². The summed E-state index contributed by atoms with van der Waals surface area (Å²) in [4.78, 5) is 21.7. The van der Waals surface area contributed by atoms with Gasteiger partial charge in [-0.2, -0.15) is 0 Å². The van der Waals surface area contributed by atoms with Crippen LogP contribution in [0.3, 0.4) is 0 Å². The van der Waals surface area contributed by atoms with Crippen molar-refractivity contribution in [2.75, 3.05) is 6.79 Å². The first kappa shape index (κ1) is 13.6. The Bertz CT molecular complexity index is 589. The van der Waals surface area contributed by atoms with Crippen molar-refractivity contribution in [1.29, 1.82) is 0 Å². The highest BCUT2D eigenvalue weighted by Gasteiger charge is 2.13. The van der Waals surface area contributed by atoms with Crippen molar-refractivity contribution in [3.05, 3.63) is 60.2 Å². The molecule has 2 rings (SSSR count). The number of rotatable bonds is 6. The third kappa shape index (κ3) is 3.58. The van der Waals surface area contributed by atoms with Crippen LogP contribution in [0.15, 0.2) is 54.6 Å². The number of ketones is 1. The SMILES string of the molecule is O=C(O)C(=O)c1ccc(OCOc2ccccc2)cc1. The highest BCUT2D eigenvalue weighted by Crippen LogP contribution is 2.14. The minimum absolute atomic E-state index is 0.0240. The van der Waals surface area contributed by atoms with Gasteiger partial charge in [0, 0.05) is 5.56 Å². The third-order valence-corrected chi connectivity index (χ3v) is 2.51. The molecule has 0 saturated heterocycles. The molecule has 0 radical (unpaired) electrons. The average Bonchev–Trinajstić information content (AvgIpc) is 2.48. The standard InChI is InChI=1S/C15H12O5/c16-14(15(17)18)11-6-8-13(9-7-11)20-10-19-12-4-2-1-3-5-12/h1-9H,10H2,(H,17,18). The Balaban J connectivity index is 1.88. The zero-order valence-corrected chi connectivity index (χ0v) is 10.5. The third-order valence-electron chi connectivity index (χ3n) is 2.51. The summed E-state index contributed by atoms with van der Waals surface area (Å²) in [5, 5.41) is 8.57. The van der Waals surface area contributed by atoms with E-state index in [-0.39, 0.29) is 12.4 Å². The smallest absolute Gasteiger partial charge is 0.377 e. The molecule has 1 N–H and O–H groups in total. The zero-order chi connectivity index (χ0) is 14.4. The zero-order valence-electron chi connectivity index (χ0n) is 10.5. The van der Waals surface area contributed by atoms with Gasteiger partial charge >= 0.3 is 5.97 Å². The van der Waals surface area contributed by atoms with Gasteiger partial charge in [0.2, 0.25) is 6.79 Å². The Morgan fingerprint density at radius 3 is 1.95 bits per heavy atom. The molecule has 102 valence electrons. The molecule has 0 unspecified atom stereocenters. The van der Waals surface area contributed by atoms with Crippen LogP contribution >= 0.6 is 0 Å². The number of aliphatic carboxylic acids is 1. The van der Waals surface area contributed by atoms with Crippen LogP contribution in [0, 0.1) is 0 Å². The number of Topliss-reactive ketones (excluding diaryl/α,β-unsaturated/α-hetero) is 1. The summed E-state index contributed by atoms with van der Waals surface area (Å²) >= 11 is 0. The van der Waals surface area contributed by atoms with Crippen molar-refractivity contribution in [3.63, 3.8) is 0 Å². The van der Waals surface area contributed by atoms with E-state index in [0.29, 0.717) is 11.5 Å². The first-order valence-electron chi connectivity index (χ1n) is 5.85. The number of benzene rings is 2. The van der Waals surface area contributed by atoms with E-state index in [1.807, 2.05) is 18.2 Å². The average molecular weight is 272 g/mol. The topological polar surface area (TPSA) is 72.8 Å². The quantitative estimate of drug-likeness (QED) is 0.496. The van der Waals surface area contributed by atoms with Crippen LogP contribution in [0.5, 0.6) is 11.5 Å². The lowest BCUT2D eigenvalue weighted by atomic mass is 10.1. The molecule has 0 fully saturated rings. The summed E-state index contributed by atoms with van der Waals surface area (Å²) in [6, 6.07) is 15.0. The predicted octanol–water partition coefficient (Wildman–Crippen LogP) is 2.37. The number of hydrogen-bond donors (Lipinski definition) is 1. The molecular weight excluding hydrogens is 260 g/mol. The Labute approximate surface area is 115 Å². The van der Waals surface area contributed by atoms with Crippen LogP contribution in [-0.2, 0) is 4.79 Å². The van der Waals surface area contributed by atoms with Crippen LogP contribution < -0.4 is 9.47 Å². The molecule has 0 aliphatic rings. The van der Waals surface area contributed by atoms with E-state index in [9.17, 15) is 9.59 Å². The van der Waals surface area contributed by atoms with Gasteiger partial charge in [0.1, 0.15) is 11.5 Å². The van der Waals surface area contributed by atoms with Crippen LogP contribution in [-0.4, -0.2) is 23.7 Å². The number of carbonyl (C=O) groups is 2. The normalized spacial score (nSPS) is 9.80. The van der Waals surface area contributed by atoms with E-state index in [0.717, 1.165) is 0 Å². The number of carboxylic acids is 1. The van der Waals surface area contributed by atoms with E-state index in [1.165, 1.54) is 24.3 Å². The second-order valence-electron chi connectivity index (χ2n) is 3.88. The molecule has 0 aliphatic heterocycles. The van der Waals surface area contributed by atoms with Crippen molar-refractivity contribution in [2.45, 2.75) is 0 Å². The molecule has 0 spiro atoms. The van der Waals surface area contributed by atoms with Crippen LogP contribution in [0.25, 0.3) is 0 Å². The van der Waals surface area contributed by atoms with E-state index in [4.69, 9.17) is 14.6 Å². The number of carbonyl (C=O) groups excluding carboxylic acids is 1. The summed E-state index contributed by atoms with van der Waals surface area (Å²) < 4.78 is 10.7. The fourth-order valence-corrected chi connectivity index (χ4v) is 1.51. The van der Waals surface area contributed by atoms with Crippen LogP contribution in [0.1, 0.15) is 10.4 Å². The lowest BCUT2D eigenvalue weighted by Gasteiger charge is -2.08. The molecule has 0 heterocycles. The van der Waals surface area contributed by atoms with E-state index < -0.39 is 11.8 Å². The molecule has 20 heavy (non-hydrogen) atoms. The Kier molecular flexibility index (Phi) is 4.34. The number of hydrogen-bond acceptors (Lipinski definition) is 4. The van der Waals surface area contributed by atoms with Gasteiger partial charge in [0.15, 0.2) is 0 Å². The minimum atomic E-state index is -1.48. The fourth-order valence-electron chi connectivity index (χ4n) is 1.51. The van der Waals surface area contributed by atoms with Gasteiger partial charge in [0.25, 0.3) is 5.78 Å². The maximum absolute atomic E-state index is 11.2. The second kappa shape index (κ2) is 6.38. The van der Waals surface area contributed by atoms with Gasteiger partial charge in [-0.15, -0.1) is 0 Å². The summed E-state index contributed by atoms with van der Waals surface area (Å²) in [5.74, 6) is -1.25. The molecule has 0 aliphatic carbocycles. The maximum atomic E-state index is 11.2. The van der Waals surface area contributed by atoms with E-state index in [1.54, 1.807) is 12.1 Å². The van der Waals surface area contributed by atoms with Crippen LogP contribution in [0.4, 0.5) is 0 Å². The molecule has 5 nitrogen and oxygen atoms in total. The first-order valence-corrected chi connectivity index (χ1v) is 5.85. The fraction of sp³-hybridized carbons (Fsp3) is 0.0667.